The van der Waals surface area contributed by atoms with Gasteiger partial charge >= 0.3 is 6.09 Å². The van der Waals surface area contributed by atoms with E-state index in [9.17, 15) is 19.2 Å². The summed E-state index contributed by atoms with van der Waals surface area (Å²) in [6, 6.07) is 5.94. The first-order valence-electron chi connectivity index (χ1n) is 12.9. The van der Waals surface area contributed by atoms with Crippen molar-refractivity contribution in [3.05, 3.63) is 35.9 Å². The molecule has 0 saturated carbocycles. The molecule has 0 radical (unpaired) electrons. The maximum Gasteiger partial charge on any atom is 0.408 e. The van der Waals surface area contributed by atoms with E-state index in [0.29, 0.717) is 0 Å². The molecule has 0 aromatic heterocycles. The van der Waals surface area contributed by atoms with Crippen LogP contribution in [0.25, 0.3) is 0 Å². The molecule has 1 unspecified atom stereocenters. The zero-order valence-electron chi connectivity index (χ0n) is 23.7. The first-order chi connectivity index (χ1) is 17.5. The normalized spacial score (nSPS) is 20.3. The Kier molecular flexibility index (Phi) is 10.3. The van der Waals surface area contributed by atoms with Crippen LogP contribution in [-0.4, -0.2) is 70.2 Å². The van der Waals surface area contributed by atoms with Crippen molar-refractivity contribution in [2.24, 2.45) is 5.84 Å². The lowest BCUT2D eigenvalue weighted by molar-refractivity contribution is -0.152. The zero-order chi connectivity index (χ0) is 28.8. The Morgan fingerprint density at radius 3 is 2.18 bits per heavy atom. The van der Waals surface area contributed by atoms with Crippen LogP contribution in [0.3, 0.4) is 0 Å². The van der Waals surface area contributed by atoms with Crippen LogP contribution >= 0.6 is 0 Å². The predicted molar refractivity (Wildman–Crippen MR) is 143 cm³/mol. The van der Waals surface area contributed by atoms with Crippen molar-refractivity contribution >= 4 is 23.8 Å². The molecular formula is C27H43N5O6. The summed E-state index contributed by atoms with van der Waals surface area (Å²) in [5, 5.41) is 5.40. The summed E-state index contributed by atoms with van der Waals surface area (Å²) in [5.41, 5.74) is 1.64. The number of hydrogen-bond donors (Lipinski definition) is 4. The van der Waals surface area contributed by atoms with Crippen LogP contribution in [0.4, 0.5) is 4.79 Å². The molecule has 2 rings (SSSR count). The Bertz CT molecular complexity index is 988. The highest BCUT2D eigenvalue weighted by Gasteiger charge is 2.47. The molecule has 4 amide bonds. The van der Waals surface area contributed by atoms with Crippen molar-refractivity contribution in [1.29, 1.82) is 0 Å². The quantitative estimate of drug-likeness (QED) is 0.215. The van der Waals surface area contributed by atoms with Crippen LogP contribution in [-0.2, 0) is 30.3 Å². The van der Waals surface area contributed by atoms with Crippen molar-refractivity contribution in [2.75, 3.05) is 0 Å². The molecule has 1 fully saturated rings. The minimum Gasteiger partial charge on any atom is -0.444 e. The van der Waals surface area contributed by atoms with Crippen molar-refractivity contribution in [3.63, 3.8) is 0 Å². The van der Waals surface area contributed by atoms with E-state index < -0.39 is 59.2 Å². The predicted octanol–water partition coefficient (Wildman–Crippen LogP) is 1.79. The van der Waals surface area contributed by atoms with Crippen LogP contribution in [0, 0.1) is 0 Å². The smallest absolute Gasteiger partial charge is 0.408 e. The van der Waals surface area contributed by atoms with E-state index in [2.05, 4.69) is 16.1 Å². The number of ether oxygens (including phenoxy) is 2. The molecule has 1 aromatic carbocycles. The van der Waals surface area contributed by atoms with Crippen molar-refractivity contribution in [1.82, 2.24) is 21.0 Å². The topological polar surface area (TPSA) is 152 Å². The van der Waals surface area contributed by atoms with E-state index in [4.69, 9.17) is 15.3 Å². The Labute approximate surface area is 225 Å². The van der Waals surface area contributed by atoms with Crippen LogP contribution in [0.15, 0.2) is 30.3 Å². The highest BCUT2D eigenvalue weighted by Crippen LogP contribution is 2.26. The van der Waals surface area contributed by atoms with Gasteiger partial charge in [-0.25, -0.2) is 10.6 Å². The number of nitrogens with zero attached hydrogens (tertiary/aromatic N) is 1. The molecule has 1 saturated heterocycles. The average molecular weight is 534 g/mol. The van der Waals surface area contributed by atoms with Gasteiger partial charge in [-0.3, -0.25) is 19.8 Å². The molecule has 11 heteroatoms. The van der Waals surface area contributed by atoms with Gasteiger partial charge in [-0.05, 0) is 67.4 Å². The molecule has 5 atom stereocenters. The third-order valence-electron chi connectivity index (χ3n) is 5.91. The fourth-order valence-electron chi connectivity index (χ4n) is 4.54. The number of carbonyl (C=O) groups excluding carboxylic acids is 4. The summed E-state index contributed by atoms with van der Waals surface area (Å²) in [6.45, 7) is 14.2. The zero-order valence-corrected chi connectivity index (χ0v) is 23.7. The van der Waals surface area contributed by atoms with E-state index in [1.807, 2.05) is 51.1 Å². The van der Waals surface area contributed by atoms with Crippen molar-refractivity contribution in [2.45, 2.75) is 110 Å². The second-order valence-corrected chi connectivity index (χ2v) is 11.7. The van der Waals surface area contributed by atoms with Gasteiger partial charge < -0.3 is 25.0 Å². The van der Waals surface area contributed by atoms with Gasteiger partial charge in [0.25, 0.3) is 5.91 Å². The van der Waals surface area contributed by atoms with E-state index in [0.717, 1.165) is 5.56 Å². The average Bonchev–Trinajstić information content (AvgIpc) is 3.04. The number of likely N-dealkylation sites (tertiary alicyclic amines) is 1. The minimum atomic E-state index is -0.997. The Morgan fingerprint density at radius 1 is 1.05 bits per heavy atom. The molecule has 1 aliphatic rings. The second kappa shape index (κ2) is 12.6. The molecule has 212 valence electrons. The van der Waals surface area contributed by atoms with Gasteiger partial charge in [0.1, 0.15) is 23.7 Å². The lowest BCUT2D eigenvalue weighted by Crippen LogP contribution is -2.59. The third-order valence-corrected chi connectivity index (χ3v) is 5.91. The molecule has 1 heterocycles. The summed E-state index contributed by atoms with van der Waals surface area (Å²) in [5.74, 6) is 3.90. The number of rotatable bonds is 9. The summed E-state index contributed by atoms with van der Waals surface area (Å²) in [6.07, 6.45) is -0.944. The molecule has 11 nitrogen and oxygen atoms in total. The Balaban J connectivity index is 2.23. The van der Waals surface area contributed by atoms with E-state index in [1.54, 1.807) is 34.6 Å². The maximum absolute atomic E-state index is 13.5. The highest BCUT2D eigenvalue weighted by molar-refractivity contribution is 5.95. The van der Waals surface area contributed by atoms with Gasteiger partial charge in [-0.15, -0.1) is 0 Å². The molecule has 38 heavy (non-hydrogen) atoms. The monoisotopic (exact) mass is 533 g/mol. The summed E-state index contributed by atoms with van der Waals surface area (Å²) in [4.78, 5) is 53.5. The second-order valence-electron chi connectivity index (χ2n) is 11.7. The molecule has 1 aromatic rings. The van der Waals surface area contributed by atoms with Crippen molar-refractivity contribution < 1.29 is 28.7 Å². The maximum atomic E-state index is 13.5. The third kappa shape index (κ3) is 8.98. The first-order valence-corrected chi connectivity index (χ1v) is 12.9. The first kappa shape index (κ1) is 31.0. The number of hydrazine groups is 1. The Morgan fingerprint density at radius 2 is 1.66 bits per heavy atom. The molecule has 0 bridgehead atoms. The summed E-state index contributed by atoms with van der Waals surface area (Å²) in [7, 11) is 0. The van der Waals surface area contributed by atoms with E-state index in [1.165, 1.54) is 4.90 Å². The fraction of sp³-hybridized carbons (Fsp3) is 0.630. The van der Waals surface area contributed by atoms with E-state index >= 15 is 0 Å². The SMILES string of the molecule is CC1C[C@H](NC(=O)[C@H](Cc2ccccc2)NC(=O)OC(C)(C)C)C(=O)N1[C@H](C(=O)NN)[C@@H](C)OC(C)(C)C. The standard InChI is InChI=1S/C27H43N5O6/c1-16-14-20(24(35)32(16)21(23(34)31-28)17(2)37-26(3,4)5)29-22(33)19(15-18-12-10-9-11-13-18)30-25(36)38-27(6,7)8/h9-13,16-17,19-21H,14-15,28H2,1-8H3,(H,29,33)(H,30,36)(H,31,34)/t16?,17-,19+,20+,21+/m1/s1. The van der Waals surface area contributed by atoms with Gasteiger partial charge in [-0.1, -0.05) is 30.3 Å². The number of hydrogen-bond acceptors (Lipinski definition) is 7. The van der Waals surface area contributed by atoms with E-state index in [-0.39, 0.29) is 18.9 Å². The lowest BCUT2D eigenvalue weighted by atomic mass is 10.0. The minimum absolute atomic E-state index is 0.195. The van der Waals surface area contributed by atoms with Crippen LogP contribution in [0.5, 0.6) is 0 Å². The molecule has 5 N–H and O–H groups in total. The number of benzene rings is 1. The van der Waals surface area contributed by atoms with Crippen molar-refractivity contribution in [3.8, 4) is 0 Å². The lowest BCUT2D eigenvalue weighted by Gasteiger charge is -2.37. The number of carbonyl (C=O) groups is 4. The van der Waals surface area contributed by atoms with Crippen LogP contribution in [0.1, 0.15) is 67.4 Å². The largest absolute Gasteiger partial charge is 0.444 e. The van der Waals surface area contributed by atoms with Gasteiger partial charge in [0, 0.05) is 12.5 Å². The molecular weight excluding hydrogens is 490 g/mol. The summed E-state index contributed by atoms with van der Waals surface area (Å²) < 4.78 is 11.3. The van der Waals surface area contributed by atoms with Gasteiger partial charge in [0.05, 0.1) is 11.7 Å². The number of amides is 4. The van der Waals surface area contributed by atoms with Gasteiger partial charge in [0.2, 0.25) is 11.8 Å². The van der Waals surface area contributed by atoms with Gasteiger partial charge in [0.15, 0.2) is 0 Å². The fourth-order valence-corrected chi connectivity index (χ4v) is 4.54. The van der Waals surface area contributed by atoms with Crippen LogP contribution in [0.2, 0.25) is 0 Å². The number of nitrogens with one attached hydrogen (secondary N) is 3. The number of alkyl carbamates (subject to hydrolysis) is 1. The molecule has 0 aliphatic carbocycles. The molecule has 0 spiro atoms. The number of nitrogens with two attached hydrogens (primary N) is 1. The Hall–Kier alpha value is -3.18. The highest BCUT2D eigenvalue weighted by atomic mass is 16.6. The van der Waals surface area contributed by atoms with Gasteiger partial charge in [-0.2, -0.15) is 0 Å². The summed E-state index contributed by atoms with van der Waals surface area (Å²) >= 11 is 0. The van der Waals surface area contributed by atoms with Crippen LogP contribution < -0.4 is 21.9 Å². The molecule has 1 aliphatic heterocycles.